The number of aryl methyl sites for hydroxylation is 1. The van der Waals surface area contributed by atoms with Gasteiger partial charge in [0.1, 0.15) is 11.4 Å². The van der Waals surface area contributed by atoms with Crippen LogP contribution in [0.5, 0.6) is 5.75 Å². The van der Waals surface area contributed by atoms with Gasteiger partial charge in [-0.2, -0.15) is 0 Å². The van der Waals surface area contributed by atoms with E-state index in [1.165, 1.54) is 0 Å². The molecule has 1 unspecified atom stereocenters. The molecule has 4 rings (SSSR count). The van der Waals surface area contributed by atoms with Crippen molar-refractivity contribution >= 4 is 45.2 Å². The highest BCUT2D eigenvalue weighted by molar-refractivity contribution is 7.85. The van der Waals surface area contributed by atoms with Crippen molar-refractivity contribution in [2.75, 3.05) is 16.4 Å². The van der Waals surface area contributed by atoms with Gasteiger partial charge >= 0.3 is 0 Å². The van der Waals surface area contributed by atoms with Crippen molar-refractivity contribution in [2.24, 2.45) is 0 Å². The zero-order valence-electron chi connectivity index (χ0n) is 14.0. The Hall–Kier alpha value is -2.64. The Bertz CT molecular complexity index is 1150. The fourth-order valence-corrected chi connectivity index (χ4v) is 4.70. The van der Waals surface area contributed by atoms with Gasteiger partial charge in [-0.1, -0.05) is 29.8 Å². The molecule has 0 aromatic heterocycles. The van der Waals surface area contributed by atoms with E-state index in [0.717, 1.165) is 18.4 Å². The predicted molar refractivity (Wildman–Crippen MR) is 107 cm³/mol. The standard InChI is InChI=1S/C19H15ClN2O4S/c20-11-5-1-2-6-12(11)21-14-15(18(25)17(14)24)22-13-8-7-10-4-3-9-27(26)19(10)16(13)23/h1-2,5-8,21-23H,3-4,9H2. The van der Waals surface area contributed by atoms with Crippen LogP contribution >= 0.6 is 11.6 Å². The maximum atomic E-state index is 12.3. The summed E-state index contributed by atoms with van der Waals surface area (Å²) in [5.41, 5.74) is 0.315. The molecule has 8 heteroatoms. The van der Waals surface area contributed by atoms with Crippen LogP contribution in [0.1, 0.15) is 12.0 Å². The van der Waals surface area contributed by atoms with E-state index < -0.39 is 21.7 Å². The fraction of sp³-hybridized carbons (Fsp3) is 0.158. The lowest BCUT2D eigenvalue weighted by Gasteiger charge is -2.20. The van der Waals surface area contributed by atoms with Gasteiger partial charge in [-0.05, 0) is 36.6 Å². The van der Waals surface area contributed by atoms with Crippen LogP contribution in [0.4, 0.5) is 22.7 Å². The van der Waals surface area contributed by atoms with Crippen LogP contribution in [0.3, 0.4) is 0 Å². The van der Waals surface area contributed by atoms with Gasteiger partial charge in [-0.15, -0.1) is 0 Å². The minimum atomic E-state index is -1.29. The van der Waals surface area contributed by atoms with Crippen LogP contribution in [0.2, 0.25) is 5.02 Å². The van der Waals surface area contributed by atoms with E-state index in [-0.39, 0.29) is 22.8 Å². The highest BCUT2D eigenvalue weighted by atomic mass is 35.5. The molecule has 1 heterocycles. The number of phenols is 1. The second kappa shape index (κ2) is 6.83. The monoisotopic (exact) mass is 402 g/mol. The van der Waals surface area contributed by atoms with Crippen LogP contribution in [0, 0.1) is 0 Å². The Balaban J connectivity index is 1.69. The summed E-state index contributed by atoms with van der Waals surface area (Å²) in [4.78, 5) is 24.4. The molecule has 0 bridgehead atoms. The minimum Gasteiger partial charge on any atom is -0.505 e. The number of benzene rings is 2. The van der Waals surface area contributed by atoms with Gasteiger partial charge in [0.2, 0.25) is 0 Å². The number of para-hydroxylation sites is 1. The van der Waals surface area contributed by atoms with Crippen molar-refractivity contribution in [1.29, 1.82) is 0 Å². The average Bonchev–Trinajstić information content (AvgIpc) is 2.67. The number of hydrogen-bond donors (Lipinski definition) is 3. The Kier molecular flexibility index (Phi) is 4.49. The smallest absolute Gasteiger partial charge is 0.253 e. The molecule has 3 aromatic rings. The van der Waals surface area contributed by atoms with Crippen molar-refractivity contribution in [3.8, 4) is 5.75 Å². The molecular weight excluding hydrogens is 388 g/mol. The Labute approximate surface area is 162 Å². The second-order valence-electron chi connectivity index (χ2n) is 6.24. The van der Waals surface area contributed by atoms with Crippen LogP contribution in [-0.2, 0) is 17.2 Å². The van der Waals surface area contributed by atoms with Gasteiger partial charge in [-0.3, -0.25) is 13.8 Å². The summed E-state index contributed by atoms with van der Waals surface area (Å²) in [6.45, 7) is 0. The highest BCUT2D eigenvalue weighted by Gasteiger charge is 2.26. The normalized spacial score (nSPS) is 16.1. The maximum Gasteiger partial charge on any atom is 0.253 e. The SMILES string of the molecule is O=c1c(Nc2ccccc2Cl)c(Nc2ccc3c(c2O)S(=O)CCC3)c1=O. The van der Waals surface area contributed by atoms with Crippen LogP contribution < -0.4 is 21.5 Å². The number of hydrogen-bond acceptors (Lipinski definition) is 6. The van der Waals surface area contributed by atoms with Crippen molar-refractivity contribution in [2.45, 2.75) is 17.7 Å². The number of nitrogens with one attached hydrogen (secondary N) is 2. The zero-order chi connectivity index (χ0) is 19.1. The number of rotatable bonds is 4. The molecule has 27 heavy (non-hydrogen) atoms. The van der Waals surface area contributed by atoms with Gasteiger partial charge in [0, 0.05) is 5.75 Å². The average molecular weight is 403 g/mol. The van der Waals surface area contributed by atoms with E-state index in [1.54, 1.807) is 36.4 Å². The molecule has 0 saturated carbocycles. The molecular formula is C19H15ClN2O4S. The lowest BCUT2D eigenvalue weighted by atomic mass is 10.1. The largest absolute Gasteiger partial charge is 0.505 e. The van der Waals surface area contributed by atoms with Gasteiger partial charge in [0.05, 0.1) is 32.1 Å². The Morgan fingerprint density at radius 1 is 0.963 bits per heavy atom. The molecule has 3 aromatic carbocycles. The second-order valence-corrected chi connectivity index (χ2v) is 8.16. The Morgan fingerprint density at radius 2 is 1.63 bits per heavy atom. The van der Waals surface area contributed by atoms with Gasteiger partial charge in [0.25, 0.3) is 10.9 Å². The molecule has 1 aliphatic heterocycles. The number of phenolic OH excluding ortho intramolecular Hbond substituents is 1. The lowest BCUT2D eigenvalue weighted by molar-refractivity contribution is 0.461. The first-order valence-corrected chi connectivity index (χ1v) is 10.0. The van der Waals surface area contributed by atoms with E-state index >= 15 is 0 Å². The summed E-state index contributed by atoms with van der Waals surface area (Å²) < 4.78 is 12.3. The first-order valence-electron chi connectivity index (χ1n) is 8.32. The summed E-state index contributed by atoms with van der Waals surface area (Å²) in [6, 6.07) is 10.2. The molecule has 138 valence electrons. The fourth-order valence-electron chi connectivity index (χ4n) is 3.12. The summed E-state index contributed by atoms with van der Waals surface area (Å²) >= 11 is 6.09. The summed E-state index contributed by atoms with van der Waals surface area (Å²) in [5, 5.41) is 16.6. The summed E-state index contributed by atoms with van der Waals surface area (Å²) in [5.74, 6) is 0.339. The van der Waals surface area contributed by atoms with Crippen LogP contribution in [0.15, 0.2) is 50.9 Å². The summed E-state index contributed by atoms with van der Waals surface area (Å²) in [7, 11) is -1.29. The number of anilines is 4. The number of fused-ring (bicyclic) bond motifs is 1. The topological polar surface area (TPSA) is 95.5 Å². The van der Waals surface area contributed by atoms with Crippen molar-refractivity contribution in [3.05, 3.63) is 67.4 Å². The predicted octanol–water partition coefficient (Wildman–Crippen LogP) is 3.18. The molecule has 0 saturated heterocycles. The molecule has 0 amide bonds. The van der Waals surface area contributed by atoms with Gasteiger partial charge in [-0.25, -0.2) is 0 Å². The van der Waals surface area contributed by atoms with Crippen LogP contribution in [-0.4, -0.2) is 15.1 Å². The molecule has 0 spiro atoms. The lowest BCUT2D eigenvalue weighted by Crippen LogP contribution is -2.35. The molecule has 3 N–H and O–H groups in total. The zero-order valence-corrected chi connectivity index (χ0v) is 15.6. The third-order valence-electron chi connectivity index (χ3n) is 4.52. The van der Waals surface area contributed by atoms with E-state index in [9.17, 15) is 18.9 Å². The Morgan fingerprint density at radius 3 is 2.33 bits per heavy atom. The summed E-state index contributed by atoms with van der Waals surface area (Å²) in [6.07, 6.45) is 1.55. The first kappa shape index (κ1) is 17.8. The maximum absolute atomic E-state index is 12.3. The van der Waals surface area contributed by atoms with Crippen molar-refractivity contribution in [1.82, 2.24) is 0 Å². The highest BCUT2D eigenvalue weighted by Crippen LogP contribution is 2.38. The van der Waals surface area contributed by atoms with Crippen LogP contribution in [0.25, 0.3) is 0 Å². The van der Waals surface area contributed by atoms with Gasteiger partial charge in [0.15, 0.2) is 5.75 Å². The molecule has 1 atom stereocenters. The molecule has 6 nitrogen and oxygen atoms in total. The molecule has 0 aliphatic carbocycles. The van der Waals surface area contributed by atoms with E-state index in [2.05, 4.69) is 10.6 Å². The number of aromatic hydroxyl groups is 1. The van der Waals surface area contributed by atoms with E-state index in [4.69, 9.17) is 11.6 Å². The third kappa shape index (κ3) is 3.02. The molecule has 0 radical (unpaired) electrons. The van der Waals surface area contributed by atoms with Gasteiger partial charge < -0.3 is 15.7 Å². The van der Waals surface area contributed by atoms with E-state index in [0.29, 0.717) is 21.4 Å². The minimum absolute atomic E-state index is 0.0387. The first-order chi connectivity index (χ1) is 13.0. The van der Waals surface area contributed by atoms with Crippen molar-refractivity contribution < 1.29 is 9.32 Å². The molecule has 1 aliphatic rings. The van der Waals surface area contributed by atoms with E-state index in [1.807, 2.05) is 0 Å². The van der Waals surface area contributed by atoms with Crippen molar-refractivity contribution in [3.63, 3.8) is 0 Å². The number of halogens is 1. The quantitative estimate of drug-likeness (QED) is 0.458. The third-order valence-corrected chi connectivity index (χ3v) is 6.42. The molecule has 0 fully saturated rings.